The van der Waals surface area contributed by atoms with E-state index in [4.69, 9.17) is 9.84 Å². The molecule has 2 aromatic rings. The molecule has 1 saturated heterocycles. The van der Waals surface area contributed by atoms with Gasteiger partial charge in [-0.1, -0.05) is 15.9 Å². The van der Waals surface area contributed by atoms with Crippen molar-refractivity contribution in [3.8, 4) is 16.9 Å². The second-order valence-electron chi connectivity index (χ2n) is 5.52. The highest BCUT2D eigenvalue weighted by Gasteiger charge is 2.35. The maximum atomic E-state index is 12.1. The van der Waals surface area contributed by atoms with Crippen LogP contribution in [0.3, 0.4) is 0 Å². The van der Waals surface area contributed by atoms with E-state index in [0.29, 0.717) is 10.0 Å². The molecule has 0 bridgehead atoms. The molecule has 0 aliphatic carbocycles. The van der Waals surface area contributed by atoms with Gasteiger partial charge in [0.1, 0.15) is 18.1 Å². The number of phenolic OH excluding ortho intramolecular Hbond substituents is 1. The number of aromatic nitrogens is 2. The minimum Gasteiger partial charge on any atom is -0.508 e. The van der Waals surface area contributed by atoms with Gasteiger partial charge in [-0.15, -0.1) is 0 Å². The summed E-state index contributed by atoms with van der Waals surface area (Å²) in [5.74, 6) is -0.0376. The lowest BCUT2D eigenvalue weighted by atomic mass is 10.1. The molecule has 1 fully saturated rings. The number of ether oxygens (including phenoxy) is 1. The maximum Gasteiger partial charge on any atom is 0.330 e. The summed E-state index contributed by atoms with van der Waals surface area (Å²) in [6, 6.07) is 4.49. The standard InChI is InChI=1S/C15H15BrN2O6/c16-8-1-7(2-9(20)3-8)10-5-18(15(23)17-14(10)22)13-4-11(21)12(6-19)24-13/h1-3,5,11-13,19-21H,4,6H2,(H,17,22,23)/t11-,12+,13+/m0/s1. The van der Waals surface area contributed by atoms with E-state index >= 15 is 0 Å². The Hall–Kier alpha value is -1.94. The molecule has 1 aromatic carbocycles. The fourth-order valence-corrected chi connectivity index (χ4v) is 3.17. The Kier molecular flexibility index (Phi) is 4.59. The minimum atomic E-state index is -0.905. The van der Waals surface area contributed by atoms with Gasteiger partial charge in [0, 0.05) is 17.1 Å². The van der Waals surface area contributed by atoms with Gasteiger partial charge in [-0.25, -0.2) is 4.79 Å². The fourth-order valence-electron chi connectivity index (χ4n) is 2.68. The molecule has 1 aliphatic heterocycles. The minimum absolute atomic E-state index is 0.0376. The van der Waals surface area contributed by atoms with Crippen LogP contribution in [-0.4, -0.2) is 43.7 Å². The number of phenols is 1. The number of hydrogen-bond donors (Lipinski definition) is 4. The first-order chi connectivity index (χ1) is 11.4. The quantitative estimate of drug-likeness (QED) is 0.589. The molecule has 0 unspecified atom stereocenters. The molecule has 128 valence electrons. The molecule has 24 heavy (non-hydrogen) atoms. The Morgan fingerprint density at radius 3 is 2.71 bits per heavy atom. The average Bonchev–Trinajstić information content (AvgIpc) is 2.87. The Labute approximate surface area is 144 Å². The number of rotatable bonds is 3. The van der Waals surface area contributed by atoms with E-state index in [-0.39, 0.29) is 24.3 Å². The van der Waals surface area contributed by atoms with Gasteiger partial charge in [-0.3, -0.25) is 14.3 Å². The van der Waals surface area contributed by atoms with E-state index in [1.807, 2.05) is 0 Å². The summed E-state index contributed by atoms with van der Waals surface area (Å²) in [7, 11) is 0. The second kappa shape index (κ2) is 6.52. The highest BCUT2D eigenvalue weighted by molar-refractivity contribution is 9.10. The maximum absolute atomic E-state index is 12.1. The number of H-pyrrole nitrogens is 1. The molecule has 0 saturated carbocycles. The first-order valence-electron chi connectivity index (χ1n) is 7.19. The monoisotopic (exact) mass is 398 g/mol. The van der Waals surface area contributed by atoms with Crippen LogP contribution in [0.15, 0.2) is 38.5 Å². The van der Waals surface area contributed by atoms with Gasteiger partial charge in [0.2, 0.25) is 0 Å². The zero-order valence-corrected chi connectivity index (χ0v) is 13.9. The number of nitrogens with zero attached hydrogens (tertiary/aromatic N) is 1. The lowest BCUT2D eigenvalue weighted by molar-refractivity contribution is -0.0458. The van der Waals surface area contributed by atoms with E-state index in [1.165, 1.54) is 18.3 Å². The number of aromatic hydroxyl groups is 1. The van der Waals surface area contributed by atoms with Crippen LogP contribution in [0.4, 0.5) is 0 Å². The Balaban J connectivity index is 2.07. The smallest absolute Gasteiger partial charge is 0.330 e. The molecule has 2 heterocycles. The summed E-state index contributed by atoms with van der Waals surface area (Å²) in [5, 5.41) is 28.6. The molecular formula is C15H15BrN2O6. The summed E-state index contributed by atoms with van der Waals surface area (Å²) in [6.45, 7) is -0.373. The summed E-state index contributed by atoms with van der Waals surface area (Å²) < 4.78 is 7.18. The summed E-state index contributed by atoms with van der Waals surface area (Å²) in [6.07, 6.45) is -1.06. The molecule has 0 radical (unpaired) electrons. The predicted octanol–water partition coefficient (Wildman–Crippen LogP) is 0.312. The van der Waals surface area contributed by atoms with Gasteiger partial charge in [-0.2, -0.15) is 0 Å². The molecule has 9 heteroatoms. The summed E-state index contributed by atoms with van der Waals surface area (Å²) >= 11 is 3.23. The molecule has 1 aromatic heterocycles. The molecule has 3 atom stereocenters. The third-order valence-corrected chi connectivity index (χ3v) is 4.31. The number of benzene rings is 1. The number of aliphatic hydroxyl groups excluding tert-OH is 2. The van der Waals surface area contributed by atoms with Crippen molar-refractivity contribution in [2.45, 2.75) is 24.9 Å². The van der Waals surface area contributed by atoms with Crippen LogP contribution in [0.5, 0.6) is 5.75 Å². The van der Waals surface area contributed by atoms with Crippen LogP contribution in [0.25, 0.3) is 11.1 Å². The average molecular weight is 399 g/mol. The van der Waals surface area contributed by atoms with Crippen molar-refractivity contribution in [1.82, 2.24) is 9.55 Å². The number of nitrogens with one attached hydrogen (secondary N) is 1. The SMILES string of the molecule is O=c1[nH]c(=O)n([C@H]2C[C@H](O)[C@@H](CO)O2)cc1-c1cc(O)cc(Br)c1. The van der Waals surface area contributed by atoms with Crippen LogP contribution >= 0.6 is 15.9 Å². The van der Waals surface area contributed by atoms with Crippen LogP contribution in [-0.2, 0) is 4.74 Å². The molecular weight excluding hydrogens is 384 g/mol. The largest absolute Gasteiger partial charge is 0.508 e. The third-order valence-electron chi connectivity index (χ3n) is 3.86. The van der Waals surface area contributed by atoms with E-state index in [0.717, 1.165) is 4.57 Å². The van der Waals surface area contributed by atoms with Crippen molar-refractivity contribution < 1.29 is 20.1 Å². The predicted molar refractivity (Wildman–Crippen MR) is 87.7 cm³/mol. The van der Waals surface area contributed by atoms with Crippen molar-refractivity contribution in [3.05, 3.63) is 49.7 Å². The van der Waals surface area contributed by atoms with Gasteiger partial charge in [0.05, 0.1) is 18.3 Å². The zero-order chi connectivity index (χ0) is 17.4. The van der Waals surface area contributed by atoms with Crippen LogP contribution in [0.2, 0.25) is 0 Å². The number of aliphatic hydroxyl groups is 2. The van der Waals surface area contributed by atoms with Crippen LogP contribution in [0, 0.1) is 0 Å². The fraction of sp³-hybridized carbons (Fsp3) is 0.333. The van der Waals surface area contributed by atoms with Crippen molar-refractivity contribution >= 4 is 15.9 Å². The molecule has 0 amide bonds. The van der Waals surface area contributed by atoms with E-state index < -0.39 is 29.7 Å². The van der Waals surface area contributed by atoms with Crippen molar-refractivity contribution in [3.63, 3.8) is 0 Å². The lowest BCUT2D eigenvalue weighted by Gasteiger charge is -2.15. The Morgan fingerprint density at radius 1 is 1.33 bits per heavy atom. The topological polar surface area (TPSA) is 125 Å². The highest BCUT2D eigenvalue weighted by Crippen LogP contribution is 2.29. The third kappa shape index (κ3) is 3.16. The van der Waals surface area contributed by atoms with Gasteiger partial charge in [-0.05, 0) is 23.8 Å². The van der Waals surface area contributed by atoms with Crippen LogP contribution in [0.1, 0.15) is 12.6 Å². The summed E-state index contributed by atoms with van der Waals surface area (Å²) in [5.41, 5.74) is -0.712. The number of halogens is 1. The molecule has 3 rings (SSSR count). The lowest BCUT2D eigenvalue weighted by Crippen LogP contribution is -2.33. The van der Waals surface area contributed by atoms with E-state index in [2.05, 4.69) is 20.9 Å². The van der Waals surface area contributed by atoms with E-state index in [9.17, 15) is 19.8 Å². The molecule has 4 N–H and O–H groups in total. The first kappa shape index (κ1) is 16.9. The Bertz CT molecular complexity index is 857. The van der Waals surface area contributed by atoms with Crippen molar-refractivity contribution in [2.75, 3.05) is 6.61 Å². The summed E-state index contributed by atoms with van der Waals surface area (Å²) in [4.78, 5) is 26.4. The van der Waals surface area contributed by atoms with Gasteiger partial charge >= 0.3 is 5.69 Å². The van der Waals surface area contributed by atoms with Gasteiger partial charge in [0.25, 0.3) is 5.56 Å². The normalized spacial score (nSPS) is 23.5. The van der Waals surface area contributed by atoms with Gasteiger partial charge in [0.15, 0.2) is 0 Å². The number of aromatic amines is 1. The number of hydrogen-bond acceptors (Lipinski definition) is 6. The molecule has 0 spiro atoms. The van der Waals surface area contributed by atoms with Crippen molar-refractivity contribution in [2.24, 2.45) is 0 Å². The van der Waals surface area contributed by atoms with Gasteiger partial charge < -0.3 is 20.1 Å². The van der Waals surface area contributed by atoms with Crippen molar-refractivity contribution in [1.29, 1.82) is 0 Å². The molecule has 1 aliphatic rings. The van der Waals surface area contributed by atoms with E-state index in [1.54, 1.807) is 6.07 Å². The zero-order valence-electron chi connectivity index (χ0n) is 12.3. The Morgan fingerprint density at radius 2 is 2.08 bits per heavy atom. The molecule has 8 nitrogen and oxygen atoms in total. The highest BCUT2D eigenvalue weighted by atomic mass is 79.9. The van der Waals surface area contributed by atoms with Crippen LogP contribution < -0.4 is 11.2 Å². The second-order valence-corrected chi connectivity index (χ2v) is 6.44. The first-order valence-corrected chi connectivity index (χ1v) is 7.98.